The van der Waals surface area contributed by atoms with Crippen LogP contribution in [0.3, 0.4) is 0 Å². The van der Waals surface area contributed by atoms with Gasteiger partial charge in [0.15, 0.2) is 23.0 Å². The molecule has 2 aromatic carbocycles. The van der Waals surface area contributed by atoms with Gasteiger partial charge in [-0.3, -0.25) is 9.59 Å². The number of H-pyrrole nitrogens is 1. The Labute approximate surface area is 190 Å². The Morgan fingerprint density at radius 1 is 0.970 bits per heavy atom. The molecule has 0 fully saturated rings. The van der Waals surface area contributed by atoms with Gasteiger partial charge in [0.05, 0.1) is 26.8 Å². The Morgan fingerprint density at radius 3 is 2.45 bits per heavy atom. The quantitative estimate of drug-likeness (QED) is 0.478. The Balaban J connectivity index is 1.37. The molecule has 2 amide bonds. The minimum atomic E-state index is -0.349. The number of hydrogen-bond donors (Lipinski definition) is 3. The van der Waals surface area contributed by atoms with Crippen LogP contribution in [0.1, 0.15) is 16.9 Å². The summed E-state index contributed by atoms with van der Waals surface area (Å²) in [6, 6.07) is 8.64. The standard InChI is InChI=1S/C23H25N3O7/c1-29-18-11-13-10-15(26-20(13)22(31-3)21(18)30-2)23(28)24-7-6-19(27)25-14-4-5-16-17(12-14)33-9-8-32-16/h4-5,10-12,26H,6-9H2,1-3H3,(H,24,28)(H,25,27). The lowest BCUT2D eigenvalue weighted by Crippen LogP contribution is -2.27. The van der Waals surface area contributed by atoms with Crippen LogP contribution in [0.15, 0.2) is 30.3 Å². The highest BCUT2D eigenvalue weighted by atomic mass is 16.6. The molecular formula is C23H25N3O7. The Morgan fingerprint density at radius 2 is 1.73 bits per heavy atom. The minimum Gasteiger partial charge on any atom is -0.493 e. The van der Waals surface area contributed by atoms with Gasteiger partial charge in [-0.15, -0.1) is 0 Å². The molecule has 33 heavy (non-hydrogen) atoms. The highest BCUT2D eigenvalue weighted by Crippen LogP contribution is 2.43. The predicted molar refractivity (Wildman–Crippen MR) is 121 cm³/mol. The van der Waals surface area contributed by atoms with E-state index in [4.69, 9.17) is 23.7 Å². The van der Waals surface area contributed by atoms with Gasteiger partial charge in [0, 0.05) is 30.1 Å². The van der Waals surface area contributed by atoms with Gasteiger partial charge >= 0.3 is 0 Å². The molecule has 10 heteroatoms. The molecular weight excluding hydrogens is 430 g/mol. The molecule has 1 aliphatic rings. The molecule has 2 heterocycles. The highest BCUT2D eigenvalue weighted by molar-refractivity contribution is 6.01. The molecule has 0 spiro atoms. The number of aromatic amines is 1. The first-order valence-electron chi connectivity index (χ1n) is 10.3. The van der Waals surface area contributed by atoms with Crippen molar-refractivity contribution in [2.45, 2.75) is 6.42 Å². The molecule has 3 aromatic rings. The van der Waals surface area contributed by atoms with Crippen LogP contribution in [0, 0.1) is 0 Å². The number of rotatable bonds is 8. The molecule has 0 unspecified atom stereocenters. The minimum absolute atomic E-state index is 0.103. The van der Waals surface area contributed by atoms with E-state index in [1.807, 2.05) is 0 Å². The first-order chi connectivity index (χ1) is 16.0. The van der Waals surface area contributed by atoms with E-state index < -0.39 is 0 Å². The van der Waals surface area contributed by atoms with Crippen molar-refractivity contribution in [3.05, 3.63) is 36.0 Å². The predicted octanol–water partition coefficient (Wildman–Crippen LogP) is 2.72. The molecule has 0 bridgehead atoms. The zero-order chi connectivity index (χ0) is 23.4. The number of aromatic nitrogens is 1. The molecule has 3 N–H and O–H groups in total. The topological polar surface area (TPSA) is 120 Å². The van der Waals surface area contributed by atoms with Crippen molar-refractivity contribution in [3.8, 4) is 28.7 Å². The van der Waals surface area contributed by atoms with Crippen LogP contribution < -0.4 is 34.3 Å². The van der Waals surface area contributed by atoms with Crippen LogP contribution in [0.4, 0.5) is 5.69 Å². The van der Waals surface area contributed by atoms with Gasteiger partial charge in [0.25, 0.3) is 5.91 Å². The molecule has 0 saturated carbocycles. The summed E-state index contributed by atoms with van der Waals surface area (Å²) in [5.41, 5.74) is 1.53. The van der Waals surface area contributed by atoms with E-state index in [0.717, 1.165) is 5.39 Å². The third-order valence-electron chi connectivity index (χ3n) is 5.13. The van der Waals surface area contributed by atoms with Gasteiger partial charge in [-0.1, -0.05) is 0 Å². The highest BCUT2D eigenvalue weighted by Gasteiger charge is 2.20. The average Bonchev–Trinajstić information content (AvgIpc) is 3.26. The lowest BCUT2D eigenvalue weighted by Gasteiger charge is -2.19. The number of carbonyl (C=O) groups is 2. The Bertz CT molecular complexity index is 1190. The molecule has 1 aromatic heterocycles. The van der Waals surface area contributed by atoms with Gasteiger partial charge in [-0.2, -0.15) is 0 Å². The summed E-state index contributed by atoms with van der Waals surface area (Å²) in [6.45, 7) is 1.13. The van der Waals surface area contributed by atoms with Gasteiger partial charge in [-0.05, 0) is 24.3 Å². The van der Waals surface area contributed by atoms with E-state index in [1.54, 1.807) is 30.3 Å². The summed E-state index contributed by atoms with van der Waals surface area (Å²) in [5, 5.41) is 6.26. The van der Waals surface area contributed by atoms with Crippen molar-refractivity contribution >= 4 is 28.4 Å². The summed E-state index contributed by atoms with van der Waals surface area (Å²) in [7, 11) is 4.55. The summed E-state index contributed by atoms with van der Waals surface area (Å²) in [5.74, 6) is 2.01. The first kappa shape index (κ1) is 22.1. The third-order valence-corrected chi connectivity index (χ3v) is 5.13. The van der Waals surface area contributed by atoms with Crippen LogP contribution >= 0.6 is 0 Å². The number of methoxy groups -OCH3 is 3. The van der Waals surface area contributed by atoms with Gasteiger partial charge in [0.2, 0.25) is 11.7 Å². The number of nitrogens with one attached hydrogen (secondary N) is 3. The smallest absolute Gasteiger partial charge is 0.267 e. The maximum absolute atomic E-state index is 12.6. The van der Waals surface area contributed by atoms with E-state index in [-0.39, 0.29) is 24.8 Å². The van der Waals surface area contributed by atoms with E-state index in [1.165, 1.54) is 21.3 Å². The summed E-state index contributed by atoms with van der Waals surface area (Å²) < 4.78 is 27.2. The van der Waals surface area contributed by atoms with E-state index in [0.29, 0.717) is 58.9 Å². The molecule has 0 atom stereocenters. The lowest BCUT2D eigenvalue weighted by atomic mass is 10.2. The number of amides is 2. The normalized spacial score (nSPS) is 12.2. The number of anilines is 1. The van der Waals surface area contributed by atoms with E-state index >= 15 is 0 Å². The average molecular weight is 455 g/mol. The second-order valence-electron chi connectivity index (χ2n) is 7.21. The Kier molecular flexibility index (Phi) is 6.43. The molecule has 0 aliphatic carbocycles. The van der Waals surface area contributed by atoms with Crippen molar-refractivity contribution in [2.24, 2.45) is 0 Å². The number of hydrogen-bond acceptors (Lipinski definition) is 7. The monoisotopic (exact) mass is 455 g/mol. The first-order valence-corrected chi connectivity index (χ1v) is 10.3. The van der Waals surface area contributed by atoms with Crippen LogP contribution in [0.5, 0.6) is 28.7 Å². The van der Waals surface area contributed by atoms with Crippen LogP contribution in [0.2, 0.25) is 0 Å². The Hall–Kier alpha value is -4.08. The van der Waals surface area contributed by atoms with E-state index in [2.05, 4.69) is 15.6 Å². The number of fused-ring (bicyclic) bond motifs is 2. The van der Waals surface area contributed by atoms with Crippen LogP contribution in [-0.2, 0) is 4.79 Å². The largest absolute Gasteiger partial charge is 0.493 e. The SMILES string of the molecule is COc1cc2cc(C(=O)NCCC(=O)Nc3ccc4c(c3)OCCO4)[nH]c2c(OC)c1OC. The van der Waals surface area contributed by atoms with Crippen molar-refractivity contribution in [3.63, 3.8) is 0 Å². The number of ether oxygens (including phenoxy) is 5. The summed E-state index contributed by atoms with van der Waals surface area (Å²) >= 11 is 0. The molecule has 4 rings (SSSR count). The fourth-order valence-electron chi connectivity index (χ4n) is 3.60. The van der Waals surface area contributed by atoms with Crippen molar-refractivity contribution in [1.29, 1.82) is 0 Å². The number of carbonyl (C=O) groups excluding carboxylic acids is 2. The summed E-state index contributed by atoms with van der Waals surface area (Å²) in [4.78, 5) is 27.9. The third kappa shape index (κ3) is 4.59. The van der Waals surface area contributed by atoms with Crippen LogP contribution in [-0.4, -0.2) is 57.9 Å². The lowest BCUT2D eigenvalue weighted by molar-refractivity contribution is -0.116. The fraction of sp³-hybridized carbons (Fsp3) is 0.304. The molecule has 10 nitrogen and oxygen atoms in total. The van der Waals surface area contributed by atoms with Crippen LogP contribution in [0.25, 0.3) is 10.9 Å². The van der Waals surface area contributed by atoms with Gasteiger partial charge in [0.1, 0.15) is 18.9 Å². The summed E-state index contributed by atoms with van der Waals surface area (Å²) in [6.07, 6.45) is 0.103. The van der Waals surface area contributed by atoms with Gasteiger partial charge < -0.3 is 39.3 Å². The molecule has 1 aliphatic heterocycles. The molecule has 0 saturated heterocycles. The van der Waals surface area contributed by atoms with E-state index in [9.17, 15) is 9.59 Å². The molecule has 174 valence electrons. The zero-order valence-electron chi connectivity index (χ0n) is 18.6. The maximum Gasteiger partial charge on any atom is 0.267 e. The molecule has 0 radical (unpaired) electrons. The fourth-order valence-corrected chi connectivity index (χ4v) is 3.60. The van der Waals surface area contributed by atoms with Crippen molar-refractivity contribution in [1.82, 2.24) is 10.3 Å². The van der Waals surface area contributed by atoms with Gasteiger partial charge in [-0.25, -0.2) is 0 Å². The maximum atomic E-state index is 12.6. The second-order valence-corrected chi connectivity index (χ2v) is 7.21. The number of benzene rings is 2. The van der Waals surface area contributed by atoms with Crippen molar-refractivity contribution in [2.75, 3.05) is 46.4 Å². The zero-order valence-corrected chi connectivity index (χ0v) is 18.6. The second kappa shape index (κ2) is 9.60. The van der Waals surface area contributed by atoms with Crippen molar-refractivity contribution < 1.29 is 33.3 Å².